The molecule has 0 unspecified atom stereocenters. The van der Waals surface area contributed by atoms with Gasteiger partial charge in [0.05, 0.1) is 5.52 Å². The van der Waals surface area contributed by atoms with Crippen molar-refractivity contribution in [2.75, 3.05) is 5.32 Å². The van der Waals surface area contributed by atoms with Crippen LogP contribution in [-0.2, 0) is 0 Å². The Balaban J connectivity index is 2.15. The highest BCUT2D eigenvalue weighted by Crippen LogP contribution is 2.30. The molecule has 0 saturated carbocycles. The summed E-state index contributed by atoms with van der Waals surface area (Å²) in [7, 11) is 0. The number of halogens is 1. The molecular weight excluding hydrogens is 300 g/mol. The van der Waals surface area contributed by atoms with Crippen molar-refractivity contribution in [3.8, 4) is 0 Å². The predicted octanol–water partition coefficient (Wildman–Crippen LogP) is 5.05. The first-order chi connectivity index (χ1) is 9.24. The van der Waals surface area contributed by atoms with E-state index in [1.807, 2.05) is 37.3 Å². The molecule has 1 N–H and O–H groups in total. The van der Waals surface area contributed by atoms with Gasteiger partial charge in [-0.1, -0.05) is 30.3 Å². The molecule has 0 amide bonds. The Kier molecular flexibility index (Phi) is 3.22. The van der Waals surface area contributed by atoms with E-state index in [0.717, 1.165) is 32.4 Å². The van der Waals surface area contributed by atoms with Crippen LogP contribution in [0.4, 0.5) is 11.4 Å². The van der Waals surface area contributed by atoms with Crippen LogP contribution in [0.2, 0.25) is 0 Å². The molecule has 0 atom stereocenters. The first-order valence-corrected chi connectivity index (χ1v) is 6.91. The average Bonchev–Trinajstić information content (AvgIpc) is 2.41. The number of nitrogens with one attached hydrogen (secondary N) is 1. The van der Waals surface area contributed by atoms with E-state index in [1.54, 1.807) is 0 Å². The topological polar surface area (TPSA) is 24.9 Å². The Morgan fingerprint density at radius 3 is 2.58 bits per heavy atom. The Bertz CT molecular complexity index is 723. The van der Waals surface area contributed by atoms with Gasteiger partial charge in [-0.3, -0.25) is 4.98 Å². The summed E-state index contributed by atoms with van der Waals surface area (Å²) in [5.41, 5.74) is 4.14. The van der Waals surface area contributed by atoms with Gasteiger partial charge in [-0.15, -0.1) is 0 Å². The van der Waals surface area contributed by atoms with Crippen molar-refractivity contribution in [3.63, 3.8) is 0 Å². The van der Waals surface area contributed by atoms with Crippen molar-refractivity contribution in [2.45, 2.75) is 6.92 Å². The lowest BCUT2D eigenvalue weighted by atomic mass is 10.1. The summed E-state index contributed by atoms with van der Waals surface area (Å²) in [6.45, 7) is 2.01. The summed E-state index contributed by atoms with van der Waals surface area (Å²) in [4.78, 5) is 4.59. The van der Waals surface area contributed by atoms with Crippen molar-refractivity contribution in [1.82, 2.24) is 4.98 Å². The Morgan fingerprint density at radius 2 is 1.79 bits per heavy atom. The van der Waals surface area contributed by atoms with Crippen LogP contribution >= 0.6 is 15.9 Å². The molecule has 19 heavy (non-hydrogen) atoms. The van der Waals surface area contributed by atoms with E-state index in [1.165, 1.54) is 0 Å². The molecule has 3 heteroatoms. The van der Waals surface area contributed by atoms with Crippen molar-refractivity contribution in [1.29, 1.82) is 0 Å². The van der Waals surface area contributed by atoms with E-state index in [-0.39, 0.29) is 0 Å². The van der Waals surface area contributed by atoms with E-state index in [0.29, 0.717) is 0 Å². The zero-order valence-corrected chi connectivity index (χ0v) is 12.1. The summed E-state index contributed by atoms with van der Waals surface area (Å²) in [5, 5.41) is 4.57. The Morgan fingerprint density at radius 1 is 1.00 bits per heavy atom. The molecular formula is C16H13BrN2. The molecule has 0 aliphatic carbocycles. The van der Waals surface area contributed by atoms with Crippen LogP contribution in [0.15, 0.2) is 59.1 Å². The zero-order chi connectivity index (χ0) is 13.2. The number of fused-ring (bicyclic) bond motifs is 1. The molecule has 94 valence electrons. The highest BCUT2D eigenvalue weighted by molar-refractivity contribution is 9.10. The lowest BCUT2D eigenvalue weighted by molar-refractivity contribution is 1.25. The number of nitrogens with zero attached hydrogens (tertiary/aromatic N) is 1. The van der Waals surface area contributed by atoms with Gasteiger partial charge in [0.25, 0.3) is 0 Å². The summed E-state index contributed by atoms with van der Waals surface area (Å²) in [6, 6.07) is 18.4. The van der Waals surface area contributed by atoms with Gasteiger partial charge in [0, 0.05) is 26.9 Å². The van der Waals surface area contributed by atoms with Gasteiger partial charge in [0.1, 0.15) is 0 Å². The lowest BCUT2D eigenvalue weighted by Gasteiger charge is -2.11. The van der Waals surface area contributed by atoms with Crippen LogP contribution < -0.4 is 5.32 Å². The van der Waals surface area contributed by atoms with Gasteiger partial charge in [-0.2, -0.15) is 0 Å². The Labute approximate surface area is 120 Å². The number of para-hydroxylation sites is 2. The predicted molar refractivity (Wildman–Crippen MR) is 83.9 cm³/mol. The van der Waals surface area contributed by atoms with E-state index >= 15 is 0 Å². The van der Waals surface area contributed by atoms with Gasteiger partial charge in [-0.05, 0) is 47.1 Å². The van der Waals surface area contributed by atoms with Gasteiger partial charge >= 0.3 is 0 Å². The Hall–Kier alpha value is -1.87. The third kappa shape index (κ3) is 2.47. The number of hydrogen-bond acceptors (Lipinski definition) is 2. The maximum absolute atomic E-state index is 4.59. The summed E-state index contributed by atoms with van der Waals surface area (Å²) >= 11 is 3.56. The zero-order valence-electron chi connectivity index (χ0n) is 10.5. The molecule has 3 rings (SSSR count). The van der Waals surface area contributed by atoms with Gasteiger partial charge < -0.3 is 5.32 Å². The highest BCUT2D eigenvalue weighted by Gasteiger charge is 2.06. The van der Waals surface area contributed by atoms with E-state index in [4.69, 9.17) is 0 Å². The minimum atomic E-state index is 0.987. The summed E-state index contributed by atoms with van der Waals surface area (Å²) in [5.74, 6) is 0. The molecule has 0 radical (unpaired) electrons. The number of rotatable bonds is 2. The SMILES string of the molecule is Cc1cc(Nc2ccccc2)c2cccc(Br)c2n1. The number of pyridine rings is 1. The molecule has 1 aromatic heterocycles. The lowest BCUT2D eigenvalue weighted by Crippen LogP contribution is -1.94. The van der Waals surface area contributed by atoms with Gasteiger partial charge in [0.15, 0.2) is 0 Å². The fourth-order valence-electron chi connectivity index (χ4n) is 2.12. The molecule has 0 aliphatic rings. The molecule has 2 nitrogen and oxygen atoms in total. The van der Waals surface area contributed by atoms with E-state index < -0.39 is 0 Å². The molecule has 0 fully saturated rings. The normalized spacial score (nSPS) is 10.6. The van der Waals surface area contributed by atoms with Crippen LogP contribution in [0.5, 0.6) is 0 Å². The molecule has 2 aromatic carbocycles. The summed E-state index contributed by atoms with van der Waals surface area (Å²) < 4.78 is 1.02. The largest absolute Gasteiger partial charge is 0.355 e. The highest BCUT2D eigenvalue weighted by atomic mass is 79.9. The van der Waals surface area contributed by atoms with Gasteiger partial charge in [-0.25, -0.2) is 0 Å². The number of aryl methyl sites for hydroxylation is 1. The van der Waals surface area contributed by atoms with Gasteiger partial charge in [0.2, 0.25) is 0 Å². The molecule has 0 spiro atoms. The van der Waals surface area contributed by atoms with E-state index in [2.05, 4.69) is 50.5 Å². The number of hydrogen-bond donors (Lipinski definition) is 1. The third-order valence-corrected chi connectivity index (χ3v) is 3.61. The second kappa shape index (κ2) is 5.02. The fourth-order valence-corrected chi connectivity index (χ4v) is 2.58. The smallest absolute Gasteiger partial charge is 0.0867 e. The van der Waals surface area contributed by atoms with Crippen LogP contribution in [0, 0.1) is 6.92 Å². The molecule has 0 aliphatic heterocycles. The fraction of sp³-hybridized carbons (Fsp3) is 0.0625. The van der Waals surface area contributed by atoms with E-state index in [9.17, 15) is 0 Å². The first-order valence-electron chi connectivity index (χ1n) is 6.12. The average molecular weight is 313 g/mol. The van der Waals surface area contributed by atoms with Crippen LogP contribution in [0.3, 0.4) is 0 Å². The van der Waals surface area contributed by atoms with Crippen LogP contribution in [0.1, 0.15) is 5.69 Å². The number of benzene rings is 2. The van der Waals surface area contributed by atoms with Crippen molar-refractivity contribution in [2.24, 2.45) is 0 Å². The first kappa shape index (κ1) is 12.2. The second-order valence-corrected chi connectivity index (χ2v) is 5.29. The monoisotopic (exact) mass is 312 g/mol. The minimum absolute atomic E-state index is 0.987. The minimum Gasteiger partial charge on any atom is -0.355 e. The van der Waals surface area contributed by atoms with Crippen LogP contribution in [-0.4, -0.2) is 4.98 Å². The van der Waals surface area contributed by atoms with Crippen LogP contribution in [0.25, 0.3) is 10.9 Å². The van der Waals surface area contributed by atoms with Crippen molar-refractivity contribution < 1.29 is 0 Å². The molecule has 3 aromatic rings. The maximum Gasteiger partial charge on any atom is 0.0867 e. The molecule has 0 saturated heterocycles. The molecule has 1 heterocycles. The maximum atomic E-state index is 4.59. The second-order valence-electron chi connectivity index (χ2n) is 4.44. The van der Waals surface area contributed by atoms with Crippen molar-refractivity contribution >= 4 is 38.2 Å². The standard InChI is InChI=1S/C16H13BrN2/c1-11-10-15(19-12-6-3-2-4-7-12)13-8-5-9-14(17)16(13)18-11/h2-10H,1H3,(H,18,19). The molecule has 0 bridgehead atoms. The third-order valence-electron chi connectivity index (χ3n) is 2.97. The summed E-state index contributed by atoms with van der Waals surface area (Å²) in [6.07, 6.45) is 0. The number of aromatic nitrogens is 1. The quantitative estimate of drug-likeness (QED) is 0.716. The van der Waals surface area contributed by atoms with Crippen molar-refractivity contribution in [3.05, 3.63) is 64.8 Å². The number of anilines is 2.